The van der Waals surface area contributed by atoms with Crippen LogP contribution in [0.3, 0.4) is 0 Å². The standard InChI is InChI=1S/C10H19ClO2/c1-3-4-5-12-6-7-13-9-10(2)8-11/h2-9H2,1H3. The Hall–Kier alpha value is -0.0500. The zero-order valence-corrected chi connectivity index (χ0v) is 9.11. The fraction of sp³-hybridized carbons (Fsp3) is 0.800. The van der Waals surface area contributed by atoms with Gasteiger partial charge < -0.3 is 9.47 Å². The molecule has 0 aromatic carbocycles. The van der Waals surface area contributed by atoms with Gasteiger partial charge in [-0.15, -0.1) is 11.6 Å². The number of rotatable bonds is 9. The van der Waals surface area contributed by atoms with Crippen molar-refractivity contribution < 1.29 is 9.47 Å². The molecule has 2 nitrogen and oxygen atoms in total. The molecule has 0 fully saturated rings. The predicted molar refractivity (Wildman–Crippen MR) is 56.4 cm³/mol. The zero-order chi connectivity index (χ0) is 9.94. The van der Waals surface area contributed by atoms with Crippen LogP contribution in [0.1, 0.15) is 19.8 Å². The average molecular weight is 207 g/mol. The van der Waals surface area contributed by atoms with E-state index in [0.29, 0.717) is 25.7 Å². The highest BCUT2D eigenvalue weighted by molar-refractivity contribution is 6.19. The minimum Gasteiger partial charge on any atom is -0.379 e. The van der Waals surface area contributed by atoms with E-state index in [9.17, 15) is 0 Å². The summed E-state index contributed by atoms with van der Waals surface area (Å²) in [5.41, 5.74) is 0.912. The van der Waals surface area contributed by atoms with Crippen molar-refractivity contribution in [2.24, 2.45) is 0 Å². The molecule has 0 aromatic rings. The smallest absolute Gasteiger partial charge is 0.0704 e. The van der Waals surface area contributed by atoms with Crippen molar-refractivity contribution >= 4 is 11.6 Å². The van der Waals surface area contributed by atoms with Crippen LogP contribution < -0.4 is 0 Å². The molecule has 0 aliphatic carbocycles. The normalized spacial score (nSPS) is 10.3. The van der Waals surface area contributed by atoms with Crippen molar-refractivity contribution in [2.45, 2.75) is 19.8 Å². The molecule has 0 saturated heterocycles. The lowest BCUT2D eigenvalue weighted by Gasteiger charge is -2.05. The summed E-state index contributed by atoms with van der Waals surface area (Å²) < 4.78 is 10.6. The van der Waals surface area contributed by atoms with Gasteiger partial charge in [-0.3, -0.25) is 0 Å². The van der Waals surface area contributed by atoms with Crippen LogP contribution in [0, 0.1) is 0 Å². The van der Waals surface area contributed by atoms with E-state index in [1.807, 2.05) is 0 Å². The van der Waals surface area contributed by atoms with Crippen molar-refractivity contribution in [3.8, 4) is 0 Å². The van der Waals surface area contributed by atoms with Crippen LogP contribution in [0.2, 0.25) is 0 Å². The molecular weight excluding hydrogens is 188 g/mol. The molecule has 0 saturated carbocycles. The van der Waals surface area contributed by atoms with E-state index in [-0.39, 0.29) is 0 Å². The van der Waals surface area contributed by atoms with Crippen LogP contribution in [0.5, 0.6) is 0 Å². The maximum Gasteiger partial charge on any atom is 0.0704 e. The van der Waals surface area contributed by atoms with E-state index in [0.717, 1.165) is 18.6 Å². The first-order valence-corrected chi connectivity index (χ1v) is 5.22. The van der Waals surface area contributed by atoms with E-state index in [4.69, 9.17) is 21.1 Å². The third kappa shape index (κ3) is 9.87. The van der Waals surface area contributed by atoms with Gasteiger partial charge >= 0.3 is 0 Å². The highest BCUT2D eigenvalue weighted by atomic mass is 35.5. The van der Waals surface area contributed by atoms with Gasteiger partial charge in [-0.05, 0) is 12.0 Å². The summed E-state index contributed by atoms with van der Waals surface area (Å²) in [5, 5.41) is 0. The Morgan fingerprint density at radius 3 is 2.54 bits per heavy atom. The third-order valence-electron chi connectivity index (χ3n) is 1.51. The largest absolute Gasteiger partial charge is 0.379 e. The second-order valence-electron chi connectivity index (χ2n) is 2.90. The van der Waals surface area contributed by atoms with Gasteiger partial charge in [0.2, 0.25) is 0 Å². The van der Waals surface area contributed by atoms with E-state index < -0.39 is 0 Å². The average Bonchev–Trinajstić information content (AvgIpc) is 2.16. The van der Waals surface area contributed by atoms with Gasteiger partial charge in [-0.1, -0.05) is 19.9 Å². The molecule has 0 aliphatic rings. The highest BCUT2D eigenvalue weighted by Gasteiger charge is 1.92. The molecule has 78 valence electrons. The van der Waals surface area contributed by atoms with Crippen LogP contribution in [-0.4, -0.2) is 32.3 Å². The second-order valence-corrected chi connectivity index (χ2v) is 3.17. The molecule has 0 spiro atoms. The molecule has 0 bridgehead atoms. The fourth-order valence-electron chi connectivity index (χ4n) is 0.721. The third-order valence-corrected chi connectivity index (χ3v) is 1.89. The lowest BCUT2D eigenvalue weighted by molar-refractivity contribution is 0.0552. The molecule has 0 atom stereocenters. The maximum absolute atomic E-state index is 5.52. The van der Waals surface area contributed by atoms with Crippen molar-refractivity contribution in [1.29, 1.82) is 0 Å². The van der Waals surface area contributed by atoms with Crippen molar-refractivity contribution in [3.63, 3.8) is 0 Å². The van der Waals surface area contributed by atoms with E-state index in [1.165, 1.54) is 6.42 Å². The minimum atomic E-state index is 0.469. The van der Waals surface area contributed by atoms with Gasteiger partial charge in [0.15, 0.2) is 0 Å². The monoisotopic (exact) mass is 206 g/mol. The van der Waals surface area contributed by atoms with Gasteiger partial charge in [0, 0.05) is 12.5 Å². The zero-order valence-electron chi connectivity index (χ0n) is 8.35. The number of hydrogen-bond acceptors (Lipinski definition) is 2. The quantitative estimate of drug-likeness (QED) is 0.328. The molecule has 0 aliphatic heterocycles. The SMILES string of the molecule is C=C(CCl)COCCOCCCC. The fourth-order valence-corrected chi connectivity index (χ4v) is 0.799. The Labute approximate surface area is 85.9 Å². The Morgan fingerprint density at radius 2 is 1.92 bits per heavy atom. The number of unbranched alkanes of at least 4 members (excludes halogenated alkanes) is 1. The first kappa shape index (κ1) is 12.9. The molecule has 0 rings (SSSR count). The van der Waals surface area contributed by atoms with Gasteiger partial charge in [0.1, 0.15) is 0 Å². The van der Waals surface area contributed by atoms with Crippen LogP contribution >= 0.6 is 11.6 Å². The second kappa shape index (κ2) is 10.0. The van der Waals surface area contributed by atoms with E-state index in [1.54, 1.807) is 0 Å². The molecule has 0 N–H and O–H groups in total. The van der Waals surface area contributed by atoms with E-state index in [2.05, 4.69) is 13.5 Å². The summed E-state index contributed by atoms with van der Waals surface area (Å²) in [5.74, 6) is 0.469. The Morgan fingerprint density at radius 1 is 1.23 bits per heavy atom. The Bertz CT molecular complexity index is 126. The van der Waals surface area contributed by atoms with Crippen LogP contribution in [-0.2, 0) is 9.47 Å². The molecular formula is C10H19ClO2. The molecule has 3 heteroatoms. The topological polar surface area (TPSA) is 18.5 Å². The molecule has 0 unspecified atom stereocenters. The van der Waals surface area contributed by atoms with Crippen LogP contribution in [0.4, 0.5) is 0 Å². The summed E-state index contributed by atoms with van der Waals surface area (Å²) in [6, 6.07) is 0. The predicted octanol–water partition coefficient (Wildman–Crippen LogP) is 2.61. The van der Waals surface area contributed by atoms with Gasteiger partial charge in [-0.2, -0.15) is 0 Å². The Kier molecular flexibility index (Phi) is 10.00. The van der Waals surface area contributed by atoms with Gasteiger partial charge in [0.25, 0.3) is 0 Å². The number of alkyl halides is 1. The molecule has 0 heterocycles. The first-order valence-electron chi connectivity index (χ1n) is 4.69. The highest BCUT2D eigenvalue weighted by Crippen LogP contribution is 1.94. The summed E-state index contributed by atoms with van der Waals surface area (Å²) in [6.07, 6.45) is 2.29. The number of halogens is 1. The molecule has 13 heavy (non-hydrogen) atoms. The summed E-state index contributed by atoms with van der Waals surface area (Å²) in [7, 11) is 0. The summed E-state index contributed by atoms with van der Waals surface area (Å²) in [4.78, 5) is 0. The molecule has 0 amide bonds. The van der Waals surface area contributed by atoms with Crippen molar-refractivity contribution in [3.05, 3.63) is 12.2 Å². The number of hydrogen-bond donors (Lipinski definition) is 0. The van der Waals surface area contributed by atoms with Gasteiger partial charge in [-0.25, -0.2) is 0 Å². The number of ether oxygens (including phenoxy) is 2. The van der Waals surface area contributed by atoms with Gasteiger partial charge in [0.05, 0.1) is 19.8 Å². The summed E-state index contributed by atoms with van der Waals surface area (Å²) in [6.45, 7) is 8.52. The molecule has 0 aromatic heterocycles. The van der Waals surface area contributed by atoms with E-state index >= 15 is 0 Å². The van der Waals surface area contributed by atoms with Crippen molar-refractivity contribution in [1.82, 2.24) is 0 Å². The minimum absolute atomic E-state index is 0.469. The first-order chi connectivity index (χ1) is 6.31. The lowest BCUT2D eigenvalue weighted by atomic mass is 10.4. The molecule has 0 radical (unpaired) electrons. The maximum atomic E-state index is 5.52. The van der Waals surface area contributed by atoms with Crippen LogP contribution in [0.25, 0.3) is 0 Å². The Balaban J connectivity index is 2.95. The van der Waals surface area contributed by atoms with Crippen molar-refractivity contribution in [2.75, 3.05) is 32.3 Å². The van der Waals surface area contributed by atoms with Crippen LogP contribution in [0.15, 0.2) is 12.2 Å². The summed E-state index contributed by atoms with van der Waals surface area (Å²) >= 11 is 5.52. The lowest BCUT2D eigenvalue weighted by Crippen LogP contribution is -2.07.